The molecule has 0 bridgehead atoms. The third-order valence-corrected chi connectivity index (χ3v) is 10.1. The molecule has 7 nitrogen and oxygen atoms in total. The zero-order valence-corrected chi connectivity index (χ0v) is 24.1. The van der Waals surface area contributed by atoms with Crippen molar-refractivity contribution in [1.82, 2.24) is 4.90 Å². The van der Waals surface area contributed by atoms with Crippen LogP contribution in [-0.4, -0.2) is 53.6 Å². The number of thioether (sulfide) groups is 1. The van der Waals surface area contributed by atoms with Gasteiger partial charge in [-0.25, -0.2) is 0 Å². The topological polar surface area (TPSA) is 71.1 Å². The van der Waals surface area contributed by atoms with Crippen molar-refractivity contribution in [2.45, 2.75) is 16.2 Å². The number of para-hydroxylation sites is 1. The highest BCUT2D eigenvalue weighted by atomic mass is 79.9. The Labute approximate surface area is 238 Å². The molecule has 3 unspecified atom stereocenters. The number of rotatable bonds is 4. The average Bonchev–Trinajstić information content (AvgIpc) is 3.47. The number of ether oxygens (including phenoxy) is 2. The molecule has 1 N–H and O–H groups in total. The van der Waals surface area contributed by atoms with Crippen molar-refractivity contribution in [3.05, 3.63) is 82.3 Å². The number of benzene rings is 3. The van der Waals surface area contributed by atoms with Crippen LogP contribution < -0.4 is 19.7 Å². The van der Waals surface area contributed by atoms with Gasteiger partial charge in [0.1, 0.15) is 9.07 Å². The first-order valence-corrected chi connectivity index (χ1v) is 14.0. The largest absolute Gasteiger partial charge is 0.493 e. The van der Waals surface area contributed by atoms with Gasteiger partial charge in [0, 0.05) is 28.2 Å². The number of methoxy groups -OCH3 is 2. The van der Waals surface area contributed by atoms with Crippen LogP contribution in [0.3, 0.4) is 0 Å². The molecular weight excluding hydrogens is 586 g/mol. The number of amides is 2. The molecule has 6 rings (SSSR count). The van der Waals surface area contributed by atoms with E-state index in [0.717, 1.165) is 15.6 Å². The maximum absolute atomic E-state index is 14.9. The smallest absolute Gasteiger partial charge is 0.252 e. The Bertz CT molecular complexity index is 1500. The van der Waals surface area contributed by atoms with Crippen LogP contribution in [0.5, 0.6) is 11.5 Å². The standard InChI is InChI=1S/C28H24BrN3O4S2/c1-31-15-20(16-9-12-22(35-2)23(13-16)36-3)28(25(34)32(26(37)38-28)18-7-5-4-6-8-18)27(31)19-14-17(29)10-11-21(19)30-24(27)33/h4-14,20H,15H2,1-3H3,(H,30,33). The number of nitrogens with one attached hydrogen (secondary N) is 1. The predicted octanol–water partition coefficient (Wildman–Crippen LogP) is 5.15. The molecule has 0 radical (unpaired) electrons. The van der Waals surface area contributed by atoms with Crippen molar-refractivity contribution in [1.29, 1.82) is 0 Å². The highest BCUT2D eigenvalue weighted by molar-refractivity contribution is 9.10. The van der Waals surface area contributed by atoms with E-state index < -0.39 is 16.2 Å². The van der Waals surface area contributed by atoms with E-state index in [0.29, 0.717) is 33.7 Å². The van der Waals surface area contributed by atoms with E-state index >= 15 is 0 Å². The summed E-state index contributed by atoms with van der Waals surface area (Å²) >= 11 is 10.8. The van der Waals surface area contributed by atoms with Crippen LogP contribution in [-0.2, 0) is 15.1 Å². The molecule has 3 aromatic rings. The Balaban J connectivity index is 1.64. The summed E-state index contributed by atoms with van der Waals surface area (Å²) in [6.45, 7) is 0.443. The summed E-state index contributed by atoms with van der Waals surface area (Å²) in [6.07, 6.45) is 0. The molecule has 2 fully saturated rings. The lowest BCUT2D eigenvalue weighted by Gasteiger charge is -2.41. The molecule has 3 aliphatic rings. The van der Waals surface area contributed by atoms with Gasteiger partial charge >= 0.3 is 0 Å². The number of likely N-dealkylation sites (N-methyl/N-ethyl adjacent to an activating group) is 1. The predicted molar refractivity (Wildman–Crippen MR) is 156 cm³/mol. The minimum atomic E-state index is -1.31. The fraction of sp³-hybridized carbons (Fsp3) is 0.250. The first kappa shape index (κ1) is 25.4. The Morgan fingerprint density at radius 3 is 2.47 bits per heavy atom. The number of likely N-dealkylation sites (tertiary alicyclic amines) is 1. The lowest BCUT2D eigenvalue weighted by molar-refractivity contribution is -0.132. The number of carbonyl (C=O) groups is 2. The monoisotopic (exact) mass is 609 g/mol. The molecule has 194 valence electrons. The molecule has 38 heavy (non-hydrogen) atoms. The van der Waals surface area contributed by atoms with E-state index in [1.165, 1.54) is 11.8 Å². The van der Waals surface area contributed by atoms with Crippen LogP contribution in [0.2, 0.25) is 0 Å². The molecule has 3 atom stereocenters. The minimum Gasteiger partial charge on any atom is -0.493 e. The maximum atomic E-state index is 14.9. The second-order valence-corrected chi connectivity index (χ2v) is 12.3. The Kier molecular flexibility index (Phi) is 6.06. The summed E-state index contributed by atoms with van der Waals surface area (Å²) < 4.78 is 11.0. The summed E-state index contributed by atoms with van der Waals surface area (Å²) in [4.78, 5) is 32.7. The number of thiocarbonyl (C=S) groups is 1. The zero-order chi connectivity index (χ0) is 26.8. The van der Waals surface area contributed by atoms with Gasteiger partial charge in [-0.2, -0.15) is 0 Å². The molecule has 10 heteroatoms. The maximum Gasteiger partial charge on any atom is 0.252 e. The van der Waals surface area contributed by atoms with Crippen molar-refractivity contribution < 1.29 is 19.1 Å². The molecule has 0 saturated carbocycles. The molecule has 3 aromatic carbocycles. The normalized spacial score (nSPS) is 26.4. The number of halogens is 1. The number of carbonyl (C=O) groups excluding carboxylic acids is 2. The van der Waals surface area contributed by atoms with E-state index in [1.807, 2.05) is 78.7 Å². The lowest BCUT2D eigenvalue weighted by atomic mass is 9.72. The number of hydrogen-bond donors (Lipinski definition) is 1. The second kappa shape index (κ2) is 9.08. The first-order valence-electron chi connectivity index (χ1n) is 12.0. The summed E-state index contributed by atoms with van der Waals surface area (Å²) in [6, 6.07) is 20.7. The second-order valence-electron chi connectivity index (χ2n) is 9.48. The van der Waals surface area contributed by atoms with Crippen molar-refractivity contribution in [3.8, 4) is 11.5 Å². The van der Waals surface area contributed by atoms with Gasteiger partial charge in [-0.15, -0.1) is 0 Å². The molecule has 3 aliphatic heterocycles. The first-order chi connectivity index (χ1) is 18.3. The van der Waals surface area contributed by atoms with Crippen molar-refractivity contribution in [2.24, 2.45) is 0 Å². The third-order valence-electron chi connectivity index (χ3n) is 7.78. The third kappa shape index (κ3) is 3.20. The van der Waals surface area contributed by atoms with Crippen LogP contribution in [0, 0.1) is 0 Å². The summed E-state index contributed by atoms with van der Waals surface area (Å²) in [5.41, 5.74) is 1.67. The summed E-state index contributed by atoms with van der Waals surface area (Å²) in [5, 5.41) is 3.07. The molecule has 0 aromatic heterocycles. The number of fused-ring (bicyclic) bond motifs is 3. The van der Waals surface area contributed by atoms with E-state index in [1.54, 1.807) is 19.1 Å². The van der Waals surface area contributed by atoms with Gasteiger partial charge in [0.25, 0.3) is 11.8 Å². The van der Waals surface area contributed by atoms with Crippen LogP contribution >= 0.6 is 39.9 Å². The zero-order valence-electron chi connectivity index (χ0n) is 20.9. The van der Waals surface area contributed by atoms with Gasteiger partial charge in [-0.1, -0.05) is 64.2 Å². The molecule has 0 aliphatic carbocycles. The number of hydrogen-bond acceptors (Lipinski definition) is 7. The van der Waals surface area contributed by atoms with Crippen LogP contribution in [0.4, 0.5) is 11.4 Å². The fourth-order valence-electron chi connectivity index (χ4n) is 6.22. The molecule has 2 saturated heterocycles. The minimum absolute atomic E-state index is 0.217. The Hall–Kier alpha value is -2.92. The van der Waals surface area contributed by atoms with Crippen molar-refractivity contribution >= 4 is 67.4 Å². The van der Waals surface area contributed by atoms with Crippen LogP contribution in [0.1, 0.15) is 17.0 Å². The number of anilines is 2. The molecule has 2 spiro atoms. The van der Waals surface area contributed by atoms with Gasteiger partial charge in [0.2, 0.25) is 0 Å². The van der Waals surface area contributed by atoms with Crippen LogP contribution in [0.15, 0.2) is 71.2 Å². The van der Waals surface area contributed by atoms with Gasteiger partial charge in [0.05, 0.1) is 19.9 Å². The lowest BCUT2D eigenvalue weighted by Crippen LogP contribution is -2.61. The number of nitrogens with zero attached hydrogens (tertiary/aromatic N) is 2. The summed E-state index contributed by atoms with van der Waals surface area (Å²) in [7, 11) is 5.07. The SMILES string of the molecule is COc1ccc(C2CN(C)C3(C(=O)Nc4ccc(Br)cc43)C23SC(=S)N(c2ccccc2)C3=O)cc1OC. The fourth-order valence-corrected chi connectivity index (χ4v) is 8.75. The van der Waals surface area contributed by atoms with Crippen molar-refractivity contribution in [2.75, 3.05) is 38.0 Å². The van der Waals surface area contributed by atoms with Crippen LogP contribution in [0.25, 0.3) is 0 Å². The van der Waals surface area contributed by atoms with E-state index in [-0.39, 0.29) is 11.8 Å². The molecule has 3 heterocycles. The highest BCUT2D eigenvalue weighted by Crippen LogP contribution is 2.66. The van der Waals surface area contributed by atoms with E-state index in [2.05, 4.69) is 21.2 Å². The molecule has 2 amide bonds. The van der Waals surface area contributed by atoms with Gasteiger partial charge < -0.3 is 14.8 Å². The average molecular weight is 611 g/mol. The quantitative estimate of drug-likeness (QED) is 0.410. The Morgan fingerprint density at radius 2 is 1.76 bits per heavy atom. The van der Waals surface area contributed by atoms with E-state index in [9.17, 15) is 9.59 Å². The van der Waals surface area contributed by atoms with Gasteiger partial charge in [0.15, 0.2) is 17.0 Å². The van der Waals surface area contributed by atoms with E-state index in [4.69, 9.17) is 21.7 Å². The summed E-state index contributed by atoms with van der Waals surface area (Å²) in [5.74, 6) is 0.291. The van der Waals surface area contributed by atoms with Gasteiger partial charge in [-0.05, 0) is 55.1 Å². The van der Waals surface area contributed by atoms with Gasteiger partial charge in [-0.3, -0.25) is 19.4 Å². The van der Waals surface area contributed by atoms with Crippen molar-refractivity contribution in [3.63, 3.8) is 0 Å². The Morgan fingerprint density at radius 1 is 1.03 bits per heavy atom. The molecular formula is C28H24BrN3O4S2. The highest BCUT2D eigenvalue weighted by Gasteiger charge is 2.78.